The van der Waals surface area contributed by atoms with Crippen LogP contribution in [0.3, 0.4) is 0 Å². The van der Waals surface area contributed by atoms with Gasteiger partial charge in [-0.3, -0.25) is 0 Å². The van der Waals surface area contributed by atoms with Crippen molar-refractivity contribution >= 4 is 15.9 Å². The average Bonchev–Trinajstić information content (AvgIpc) is 2.87. The number of aliphatic hydroxyl groups excluding tert-OH is 1. The zero-order valence-electron chi connectivity index (χ0n) is 8.24. The smallest absolute Gasteiger partial charge is 0.146 e. The van der Waals surface area contributed by atoms with Gasteiger partial charge in [0.25, 0.3) is 0 Å². The lowest BCUT2D eigenvalue weighted by atomic mass is 9.92. The summed E-state index contributed by atoms with van der Waals surface area (Å²) in [6, 6.07) is 2.85. The van der Waals surface area contributed by atoms with E-state index in [0.29, 0.717) is 11.0 Å². The molecule has 0 aliphatic heterocycles. The summed E-state index contributed by atoms with van der Waals surface area (Å²) in [4.78, 5) is 4.05. The first kappa shape index (κ1) is 11.0. The lowest BCUT2D eigenvalue weighted by Gasteiger charge is -2.24. The minimum absolute atomic E-state index is 0.103. The van der Waals surface area contributed by atoms with E-state index in [2.05, 4.69) is 20.9 Å². The Balaban J connectivity index is 2.39. The first-order valence-electron chi connectivity index (χ1n) is 4.72. The van der Waals surface area contributed by atoms with Crippen molar-refractivity contribution in [2.45, 2.75) is 25.0 Å². The molecule has 3 atom stereocenters. The van der Waals surface area contributed by atoms with E-state index < -0.39 is 17.5 Å². The van der Waals surface area contributed by atoms with Crippen molar-refractivity contribution in [3.05, 3.63) is 28.2 Å². The monoisotopic (exact) mass is 274 g/mol. The number of nitrogens with two attached hydrogens (primary N) is 1. The van der Waals surface area contributed by atoms with Crippen molar-refractivity contribution < 1.29 is 9.50 Å². The highest BCUT2D eigenvalue weighted by molar-refractivity contribution is 9.10. The fraction of sp³-hybridized carbons (Fsp3) is 0.500. The Kier molecular flexibility index (Phi) is 2.56. The normalized spacial score (nSPS) is 28.6. The second kappa shape index (κ2) is 3.50. The molecule has 3 nitrogen and oxygen atoms in total. The van der Waals surface area contributed by atoms with Crippen LogP contribution >= 0.6 is 15.9 Å². The van der Waals surface area contributed by atoms with Crippen LogP contribution in [-0.4, -0.2) is 16.2 Å². The molecule has 0 amide bonds. The Morgan fingerprint density at radius 1 is 1.67 bits per heavy atom. The van der Waals surface area contributed by atoms with Gasteiger partial charge in [-0.15, -0.1) is 0 Å². The molecular weight excluding hydrogens is 263 g/mol. The molecule has 1 fully saturated rings. The number of nitrogens with zero attached hydrogens (tertiary/aromatic N) is 1. The second-order valence-electron chi connectivity index (χ2n) is 4.16. The van der Waals surface area contributed by atoms with Gasteiger partial charge in [-0.2, -0.15) is 0 Å². The lowest BCUT2D eigenvalue weighted by Crippen LogP contribution is -2.38. The summed E-state index contributed by atoms with van der Waals surface area (Å²) in [6.07, 6.45) is 0.181. The maximum absolute atomic E-state index is 13.5. The Morgan fingerprint density at radius 3 is 2.80 bits per heavy atom. The number of aliphatic hydroxyl groups is 1. The number of aromatic nitrogens is 1. The molecule has 1 aliphatic rings. The number of hydrogen-bond acceptors (Lipinski definition) is 3. The Hall–Kier alpha value is -0.520. The molecule has 0 aromatic carbocycles. The number of hydrogen-bond donors (Lipinski definition) is 2. The van der Waals surface area contributed by atoms with E-state index in [0.717, 1.165) is 0 Å². The molecular formula is C10H12BrFN2O. The SMILES string of the molecule is C[C@](N)(c1nc(Br)ccc1F)[C@@H]1C[C@@H]1O. The van der Waals surface area contributed by atoms with Crippen molar-refractivity contribution in [3.63, 3.8) is 0 Å². The van der Waals surface area contributed by atoms with E-state index in [1.807, 2.05) is 0 Å². The number of rotatable bonds is 2. The number of halogens is 2. The summed E-state index contributed by atoms with van der Waals surface area (Å²) < 4.78 is 14.1. The summed E-state index contributed by atoms with van der Waals surface area (Å²) in [5.41, 5.74) is 5.32. The van der Waals surface area contributed by atoms with Crippen LogP contribution in [0.2, 0.25) is 0 Å². The fourth-order valence-electron chi connectivity index (χ4n) is 1.80. The van der Waals surface area contributed by atoms with Crippen LogP contribution in [0.4, 0.5) is 4.39 Å². The van der Waals surface area contributed by atoms with Crippen LogP contribution in [0, 0.1) is 11.7 Å². The Bertz CT molecular complexity index is 397. The van der Waals surface area contributed by atoms with Crippen LogP contribution in [-0.2, 0) is 5.54 Å². The maximum atomic E-state index is 13.5. The molecule has 82 valence electrons. The molecule has 15 heavy (non-hydrogen) atoms. The predicted molar refractivity (Wildman–Crippen MR) is 57.5 cm³/mol. The van der Waals surface area contributed by atoms with E-state index in [4.69, 9.17) is 5.73 Å². The van der Waals surface area contributed by atoms with E-state index >= 15 is 0 Å². The second-order valence-corrected chi connectivity index (χ2v) is 4.97. The van der Waals surface area contributed by atoms with E-state index in [9.17, 15) is 9.50 Å². The van der Waals surface area contributed by atoms with Crippen LogP contribution < -0.4 is 5.73 Å². The third-order valence-corrected chi connectivity index (χ3v) is 3.29. The molecule has 1 heterocycles. The largest absolute Gasteiger partial charge is 0.393 e. The van der Waals surface area contributed by atoms with Gasteiger partial charge in [0, 0.05) is 5.92 Å². The van der Waals surface area contributed by atoms with Gasteiger partial charge < -0.3 is 10.8 Å². The topological polar surface area (TPSA) is 59.1 Å². The van der Waals surface area contributed by atoms with Crippen LogP contribution in [0.1, 0.15) is 19.0 Å². The van der Waals surface area contributed by atoms with Gasteiger partial charge in [-0.1, -0.05) is 0 Å². The van der Waals surface area contributed by atoms with Crippen LogP contribution in [0.15, 0.2) is 16.7 Å². The minimum atomic E-state index is -0.909. The average molecular weight is 275 g/mol. The third kappa shape index (κ3) is 1.91. The standard InChI is InChI=1S/C10H12BrFN2O/c1-10(13,5-4-7(5)15)9-6(12)2-3-8(11)14-9/h2-3,5,7,15H,4,13H2,1H3/t5-,7+,10-/m1/s1. The molecule has 5 heteroatoms. The van der Waals surface area contributed by atoms with Crippen molar-refractivity contribution in [2.75, 3.05) is 0 Å². The molecule has 0 radical (unpaired) electrons. The maximum Gasteiger partial charge on any atom is 0.146 e. The van der Waals surface area contributed by atoms with Crippen molar-refractivity contribution in [2.24, 2.45) is 11.7 Å². The summed E-state index contributed by atoms with van der Waals surface area (Å²) in [5, 5.41) is 9.34. The molecule has 3 N–H and O–H groups in total. The lowest BCUT2D eigenvalue weighted by molar-refractivity contribution is 0.225. The van der Waals surface area contributed by atoms with Crippen molar-refractivity contribution in [1.29, 1.82) is 0 Å². The first-order valence-corrected chi connectivity index (χ1v) is 5.51. The van der Waals surface area contributed by atoms with Crippen LogP contribution in [0.5, 0.6) is 0 Å². The summed E-state index contributed by atoms with van der Waals surface area (Å²) >= 11 is 3.18. The van der Waals surface area contributed by atoms with Gasteiger partial charge in [-0.25, -0.2) is 9.37 Å². The van der Waals surface area contributed by atoms with E-state index in [-0.39, 0.29) is 11.6 Å². The molecule has 1 aromatic heterocycles. The number of pyridine rings is 1. The zero-order chi connectivity index (χ0) is 11.2. The van der Waals surface area contributed by atoms with Crippen LogP contribution in [0.25, 0.3) is 0 Å². The summed E-state index contributed by atoms with van der Waals surface area (Å²) in [6.45, 7) is 1.70. The first-order chi connectivity index (χ1) is 6.93. The summed E-state index contributed by atoms with van der Waals surface area (Å²) in [7, 11) is 0. The zero-order valence-corrected chi connectivity index (χ0v) is 9.83. The van der Waals surface area contributed by atoms with Gasteiger partial charge in [0.1, 0.15) is 10.4 Å². The minimum Gasteiger partial charge on any atom is -0.393 e. The molecule has 0 bridgehead atoms. The predicted octanol–water partition coefficient (Wildman–Crippen LogP) is 1.54. The van der Waals surface area contributed by atoms with E-state index in [1.165, 1.54) is 12.1 Å². The highest BCUT2D eigenvalue weighted by Gasteiger charge is 2.50. The van der Waals surface area contributed by atoms with Gasteiger partial charge in [0.15, 0.2) is 0 Å². The van der Waals surface area contributed by atoms with Gasteiger partial charge in [-0.05, 0) is 41.4 Å². The van der Waals surface area contributed by atoms with Gasteiger partial charge >= 0.3 is 0 Å². The highest BCUT2D eigenvalue weighted by Crippen LogP contribution is 2.44. The molecule has 1 aliphatic carbocycles. The summed E-state index contributed by atoms with van der Waals surface area (Å²) in [5.74, 6) is -0.531. The highest BCUT2D eigenvalue weighted by atomic mass is 79.9. The molecule has 1 aromatic rings. The molecule has 0 spiro atoms. The molecule has 0 unspecified atom stereocenters. The Morgan fingerprint density at radius 2 is 2.27 bits per heavy atom. The molecule has 2 rings (SSSR count). The van der Waals surface area contributed by atoms with Gasteiger partial charge in [0.05, 0.1) is 17.3 Å². The van der Waals surface area contributed by atoms with E-state index in [1.54, 1.807) is 6.92 Å². The quantitative estimate of drug-likeness (QED) is 0.805. The van der Waals surface area contributed by atoms with Crippen molar-refractivity contribution in [3.8, 4) is 0 Å². The molecule has 1 saturated carbocycles. The van der Waals surface area contributed by atoms with Crippen molar-refractivity contribution in [1.82, 2.24) is 4.98 Å². The Labute approximate surface area is 95.6 Å². The van der Waals surface area contributed by atoms with Gasteiger partial charge in [0.2, 0.25) is 0 Å². The molecule has 0 saturated heterocycles. The third-order valence-electron chi connectivity index (χ3n) is 2.85. The fourth-order valence-corrected chi connectivity index (χ4v) is 2.11.